The van der Waals surface area contributed by atoms with E-state index in [1.54, 1.807) is 36.4 Å². The molecule has 0 unspecified atom stereocenters. The van der Waals surface area contributed by atoms with Crippen LogP contribution in [0.5, 0.6) is 5.75 Å². The maximum Gasteiger partial charge on any atom is 0.341 e. The van der Waals surface area contributed by atoms with Crippen LogP contribution in [0.25, 0.3) is 0 Å². The highest BCUT2D eigenvalue weighted by molar-refractivity contribution is 5.99. The molecule has 0 aliphatic rings. The summed E-state index contributed by atoms with van der Waals surface area (Å²) in [4.78, 5) is 22.5. The molecule has 0 aromatic heterocycles. The highest BCUT2D eigenvalue weighted by Crippen LogP contribution is 2.12. The summed E-state index contributed by atoms with van der Waals surface area (Å²) in [6.45, 7) is 0.488. The van der Waals surface area contributed by atoms with Crippen molar-refractivity contribution in [3.05, 3.63) is 65.2 Å². The first kappa shape index (κ1) is 19.1. The largest absolute Gasteiger partial charge is 0.482 e. The van der Waals surface area contributed by atoms with Gasteiger partial charge in [0.1, 0.15) is 11.6 Å². The van der Waals surface area contributed by atoms with Crippen molar-refractivity contribution in [1.29, 1.82) is 5.41 Å². The van der Waals surface area contributed by atoms with Crippen LogP contribution in [0.15, 0.2) is 48.5 Å². The van der Waals surface area contributed by atoms with Crippen molar-refractivity contribution in [3.63, 3.8) is 0 Å². The molecule has 0 radical (unpaired) electrons. The zero-order valence-corrected chi connectivity index (χ0v) is 14.2. The van der Waals surface area contributed by atoms with Gasteiger partial charge < -0.3 is 20.9 Å². The molecule has 26 heavy (non-hydrogen) atoms. The molecular formula is C19H21N3O4. The number of carbonyl (C=O) groups excluding carboxylic acids is 1. The average molecular weight is 355 g/mol. The fourth-order valence-corrected chi connectivity index (χ4v) is 2.27. The van der Waals surface area contributed by atoms with Gasteiger partial charge in [0.2, 0.25) is 0 Å². The van der Waals surface area contributed by atoms with Crippen LogP contribution in [0, 0.1) is 5.41 Å². The van der Waals surface area contributed by atoms with Crippen molar-refractivity contribution in [3.8, 4) is 5.75 Å². The van der Waals surface area contributed by atoms with Gasteiger partial charge in [0.05, 0.1) is 6.54 Å². The number of aliphatic carboxylic acids is 1. The Bertz CT molecular complexity index is 770. The minimum Gasteiger partial charge on any atom is -0.482 e. The van der Waals surface area contributed by atoms with Crippen LogP contribution in [0.3, 0.4) is 0 Å². The molecular weight excluding hydrogens is 334 g/mol. The molecule has 5 N–H and O–H groups in total. The Hall–Kier alpha value is -3.19. The van der Waals surface area contributed by atoms with Crippen LogP contribution >= 0.6 is 0 Å². The zero-order chi connectivity index (χ0) is 18.9. The predicted octanol–water partition coefficient (Wildman–Crippen LogP) is 1.45. The Morgan fingerprint density at radius 2 is 1.65 bits per heavy atom. The summed E-state index contributed by atoms with van der Waals surface area (Å²) in [5, 5.41) is 19.0. The second-order valence-corrected chi connectivity index (χ2v) is 5.67. The summed E-state index contributed by atoms with van der Waals surface area (Å²) < 4.78 is 5.07. The van der Waals surface area contributed by atoms with Gasteiger partial charge in [-0.1, -0.05) is 36.4 Å². The number of carbonyl (C=O) groups is 2. The third-order valence-electron chi connectivity index (χ3n) is 3.68. The molecule has 0 saturated carbocycles. The van der Waals surface area contributed by atoms with E-state index in [1.165, 1.54) is 0 Å². The quantitative estimate of drug-likeness (QED) is 0.221. The normalized spacial score (nSPS) is 10.3. The molecule has 0 amide bonds. The van der Waals surface area contributed by atoms with Crippen molar-refractivity contribution in [2.24, 2.45) is 5.73 Å². The lowest BCUT2D eigenvalue weighted by molar-refractivity contribution is -0.139. The Morgan fingerprint density at radius 3 is 2.23 bits per heavy atom. The van der Waals surface area contributed by atoms with E-state index < -0.39 is 5.97 Å². The highest BCUT2D eigenvalue weighted by atomic mass is 16.5. The number of ketones is 1. The van der Waals surface area contributed by atoms with Gasteiger partial charge >= 0.3 is 5.97 Å². The maximum atomic E-state index is 12.1. The molecule has 0 aliphatic carbocycles. The van der Waals surface area contributed by atoms with E-state index in [9.17, 15) is 9.59 Å². The molecule has 0 atom stereocenters. The van der Waals surface area contributed by atoms with Gasteiger partial charge in [0.25, 0.3) is 0 Å². The monoisotopic (exact) mass is 355 g/mol. The summed E-state index contributed by atoms with van der Waals surface area (Å²) in [5.74, 6) is -0.564. The van der Waals surface area contributed by atoms with Crippen LogP contribution in [0.2, 0.25) is 0 Å². The topological polar surface area (TPSA) is 126 Å². The van der Waals surface area contributed by atoms with Crippen molar-refractivity contribution in [2.75, 3.05) is 19.7 Å². The van der Waals surface area contributed by atoms with Gasteiger partial charge in [-0.15, -0.1) is 0 Å². The second kappa shape index (κ2) is 9.33. The minimum atomic E-state index is -1.01. The molecule has 2 aromatic carbocycles. The number of Topliss-reactive ketones (excluding diaryl/α,β-unsaturated/α-hetero) is 1. The number of ether oxygens (including phenoxy) is 1. The van der Waals surface area contributed by atoms with Crippen LogP contribution in [0.4, 0.5) is 0 Å². The summed E-state index contributed by atoms with van der Waals surface area (Å²) in [6, 6.07) is 13.8. The van der Waals surface area contributed by atoms with E-state index in [4.69, 9.17) is 21.0 Å². The Kier molecular flexibility index (Phi) is 6.87. The summed E-state index contributed by atoms with van der Waals surface area (Å²) in [5.41, 5.74) is 7.60. The first-order valence-electron chi connectivity index (χ1n) is 8.07. The molecule has 0 bridgehead atoms. The van der Waals surface area contributed by atoms with Crippen LogP contribution in [0.1, 0.15) is 21.5 Å². The first-order valence-corrected chi connectivity index (χ1v) is 8.07. The molecule has 2 aromatic rings. The molecule has 2 rings (SSSR count). The SMILES string of the molecule is N=C(N)c1ccc(C(=O)CNCCc2ccc(OCC(=O)O)cc2)cc1. The van der Waals surface area contributed by atoms with Gasteiger partial charge in [-0.05, 0) is 30.7 Å². The lowest BCUT2D eigenvalue weighted by Crippen LogP contribution is -2.25. The van der Waals surface area contributed by atoms with Crippen molar-refractivity contribution in [2.45, 2.75) is 6.42 Å². The number of carboxylic acids is 1. The molecule has 7 heteroatoms. The van der Waals surface area contributed by atoms with Crippen molar-refractivity contribution in [1.82, 2.24) is 5.32 Å². The standard InChI is InChI=1S/C19H21N3O4/c20-19(21)15-5-3-14(4-6-15)17(23)11-22-10-9-13-1-7-16(8-2-13)26-12-18(24)25/h1-8,22H,9-12H2,(H3,20,21)(H,24,25). The zero-order valence-electron chi connectivity index (χ0n) is 14.2. The van der Waals surface area contributed by atoms with Crippen LogP contribution in [-0.4, -0.2) is 42.4 Å². The van der Waals surface area contributed by atoms with Gasteiger partial charge in [-0.3, -0.25) is 10.2 Å². The fraction of sp³-hybridized carbons (Fsp3) is 0.211. The molecule has 0 heterocycles. The van der Waals surface area contributed by atoms with E-state index in [0.29, 0.717) is 23.4 Å². The molecule has 0 spiro atoms. The number of hydrogen-bond donors (Lipinski definition) is 4. The smallest absolute Gasteiger partial charge is 0.341 e. The number of carboxylic acid groups (broad SMARTS) is 1. The van der Waals surface area contributed by atoms with Gasteiger partial charge in [0.15, 0.2) is 12.4 Å². The number of rotatable bonds is 10. The number of amidine groups is 1. The third kappa shape index (κ3) is 6.03. The number of nitrogens with two attached hydrogens (primary N) is 1. The molecule has 0 saturated heterocycles. The fourth-order valence-electron chi connectivity index (χ4n) is 2.27. The van der Waals surface area contributed by atoms with Crippen LogP contribution < -0.4 is 15.8 Å². The molecule has 7 nitrogen and oxygen atoms in total. The van der Waals surface area contributed by atoms with E-state index in [2.05, 4.69) is 5.32 Å². The second-order valence-electron chi connectivity index (χ2n) is 5.67. The highest BCUT2D eigenvalue weighted by Gasteiger charge is 2.06. The third-order valence-corrected chi connectivity index (χ3v) is 3.68. The summed E-state index contributed by atoms with van der Waals surface area (Å²) >= 11 is 0. The van der Waals surface area contributed by atoms with E-state index in [0.717, 1.165) is 12.0 Å². The van der Waals surface area contributed by atoms with Crippen molar-refractivity contribution >= 4 is 17.6 Å². The lowest BCUT2D eigenvalue weighted by Gasteiger charge is -2.07. The average Bonchev–Trinajstić information content (AvgIpc) is 2.64. The molecule has 0 aliphatic heterocycles. The predicted molar refractivity (Wildman–Crippen MR) is 97.9 cm³/mol. The first-order chi connectivity index (χ1) is 12.5. The number of hydrogen-bond acceptors (Lipinski definition) is 5. The van der Waals surface area contributed by atoms with Gasteiger partial charge in [-0.2, -0.15) is 0 Å². The number of nitrogens with one attached hydrogen (secondary N) is 2. The van der Waals surface area contributed by atoms with Gasteiger partial charge in [-0.25, -0.2) is 4.79 Å². The molecule has 136 valence electrons. The molecule has 0 fully saturated rings. The minimum absolute atomic E-state index is 0.0264. The van der Waals surface area contributed by atoms with Gasteiger partial charge in [0, 0.05) is 11.1 Å². The lowest BCUT2D eigenvalue weighted by atomic mass is 10.1. The van der Waals surface area contributed by atoms with Crippen LogP contribution in [-0.2, 0) is 11.2 Å². The summed E-state index contributed by atoms with van der Waals surface area (Å²) in [7, 11) is 0. The Morgan fingerprint density at radius 1 is 1.04 bits per heavy atom. The Balaban J connectivity index is 1.73. The van der Waals surface area contributed by atoms with Crippen molar-refractivity contribution < 1.29 is 19.4 Å². The van der Waals surface area contributed by atoms with E-state index in [-0.39, 0.29) is 24.8 Å². The summed E-state index contributed by atoms with van der Waals surface area (Å²) in [6.07, 6.45) is 0.732. The van der Waals surface area contributed by atoms with E-state index >= 15 is 0 Å². The number of benzene rings is 2. The van der Waals surface area contributed by atoms with E-state index in [1.807, 2.05) is 12.1 Å². The maximum absolute atomic E-state index is 12.1. The Labute approximate surface area is 151 Å². The number of nitrogen functional groups attached to an aromatic ring is 1.